The molecular weight excluding hydrogens is 212 g/mol. The zero-order valence-corrected chi connectivity index (χ0v) is 9.85. The van der Waals surface area contributed by atoms with Gasteiger partial charge >= 0.3 is 0 Å². The molecule has 15 heavy (non-hydrogen) atoms. The van der Waals surface area contributed by atoms with Crippen LogP contribution < -0.4 is 10.0 Å². The predicted molar refractivity (Wildman–Crippen MR) is 62.2 cm³/mol. The molecule has 4 nitrogen and oxygen atoms in total. The van der Waals surface area contributed by atoms with Crippen LogP contribution in [-0.4, -0.2) is 33.8 Å². The Hall–Kier alpha value is -0.390. The van der Waals surface area contributed by atoms with E-state index in [1.54, 1.807) is 6.08 Å². The second-order valence-corrected chi connectivity index (χ2v) is 5.86. The molecule has 1 aliphatic heterocycles. The Morgan fingerprint density at radius 1 is 1.53 bits per heavy atom. The SMILES string of the molecule is C=CCCS(=O)(=O)NCCC1CCNC1. The van der Waals surface area contributed by atoms with Crippen molar-refractivity contribution in [1.82, 2.24) is 10.0 Å². The molecule has 2 N–H and O–H groups in total. The van der Waals surface area contributed by atoms with E-state index in [0.29, 0.717) is 18.9 Å². The third-order valence-electron chi connectivity index (χ3n) is 2.63. The highest BCUT2D eigenvalue weighted by molar-refractivity contribution is 7.89. The van der Waals surface area contributed by atoms with Gasteiger partial charge in [-0.1, -0.05) is 6.08 Å². The molecule has 1 heterocycles. The molecule has 0 aromatic heterocycles. The Morgan fingerprint density at radius 3 is 2.93 bits per heavy atom. The van der Waals surface area contributed by atoms with Crippen molar-refractivity contribution in [2.75, 3.05) is 25.4 Å². The lowest BCUT2D eigenvalue weighted by Gasteiger charge is -2.09. The number of allylic oxidation sites excluding steroid dienone is 1. The monoisotopic (exact) mass is 232 g/mol. The highest BCUT2D eigenvalue weighted by Gasteiger charge is 2.15. The molecule has 0 aromatic rings. The molecule has 0 amide bonds. The standard InChI is InChI=1S/C10H20N2O2S/c1-2-3-8-15(13,14)12-7-5-10-4-6-11-9-10/h2,10-12H,1,3-9H2. The topological polar surface area (TPSA) is 58.2 Å². The van der Waals surface area contributed by atoms with Gasteiger partial charge in [0.05, 0.1) is 5.75 Å². The van der Waals surface area contributed by atoms with Gasteiger partial charge in [0.2, 0.25) is 10.0 Å². The molecule has 0 aliphatic carbocycles. The number of nitrogens with one attached hydrogen (secondary N) is 2. The summed E-state index contributed by atoms with van der Waals surface area (Å²) in [6, 6.07) is 0. The van der Waals surface area contributed by atoms with Crippen LogP contribution in [-0.2, 0) is 10.0 Å². The molecule has 0 aromatic carbocycles. The summed E-state index contributed by atoms with van der Waals surface area (Å²) >= 11 is 0. The summed E-state index contributed by atoms with van der Waals surface area (Å²) in [5.41, 5.74) is 0. The van der Waals surface area contributed by atoms with E-state index < -0.39 is 10.0 Å². The summed E-state index contributed by atoms with van der Waals surface area (Å²) in [4.78, 5) is 0. The van der Waals surface area contributed by atoms with Gasteiger partial charge in [-0.05, 0) is 38.3 Å². The Kier molecular flexibility index (Phi) is 5.28. The summed E-state index contributed by atoms with van der Waals surface area (Å²) in [6.07, 6.45) is 4.23. The van der Waals surface area contributed by atoms with Crippen LogP contribution in [0.1, 0.15) is 19.3 Å². The smallest absolute Gasteiger partial charge is 0.211 e. The van der Waals surface area contributed by atoms with Crippen LogP contribution in [0.3, 0.4) is 0 Å². The minimum absolute atomic E-state index is 0.152. The first-order valence-corrected chi connectivity index (χ1v) is 7.08. The van der Waals surface area contributed by atoms with E-state index >= 15 is 0 Å². The first-order chi connectivity index (χ1) is 7.14. The normalized spacial score (nSPS) is 21.7. The largest absolute Gasteiger partial charge is 0.316 e. The maximum Gasteiger partial charge on any atom is 0.211 e. The van der Waals surface area contributed by atoms with Crippen LogP contribution in [0, 0.1) is 5.92 Å². The summed E-state index contributed by atoms with van der Waals surface area (Å²) < 4.78 is 25.4. The molecule has 1 saturated heterocycles. The molecule has 1 atom stereocenters. The van der Waals surface area contributed by atoms with Crippen LogP contribution in [0.2, 0.25) is 0 Å². The third kappa shape index (κ3) is 5.30. The van der Waals surface area contributed by atoms with Gasteiger partial charge in [0.15, 0.2) is 0 Å². The zero-order valence-electron chi connectivity index (χ0n) is 9.04. The minimum atomic E-state index is -3.08. The van der Waals surface area contributed by atoms with Gasteiger partial charge in [0.25, 0.3) is 0 Å². The third-order valence-corrected chi connectivity index (χ3v) is 4.04. The summed E-state index contributed by atoms with van der Waals surface area (Å²) in [6.45, 7) is 6.15. The van der Waals surface area contributed by atoms with Crippen molar-refractivity contribution in [2.24, 2.45) is 5.92 Å². The van der Waals surface area contributed by atoms with Crippen molar-refractivity contribution < 1.29 is 8.42 Å². The fourth-order valence-corrected chi connectivity index (χ4v) is 2.74. The average molecular weight is 232 g/mol. The van der Waals surface area contributed by atoms with Gasteiger partial charge in [-0.3, -0.25) is 0 Å². The van der Waals surface area contributed by atoms with E-state index in [1.165, 1.54) is 0 Å². The van der Waals surface area contributed by atoms with Gasteiger partial charge in [-0.15, -0.1) is 6.58 Å². The summed E-state index contributed by atoms with van der Waals surface area (Å²) in [5.74, 6) is 0.784. The Morgan fingerprint density at radius 2 is 2.33 bits per heavy atom. The molecule has 1 rings (SSSR count). The van der Waals surface area contributed by atoms with Crippen LogP contribution >= 0.6 is 0 Å². The highest BCUT2D eigenvalue weighted by Crippen LogP contribution is 2.10. The lowest BCUT2D eigenvalue weighted by Crippen LogP contribution is -2.28. The van der Waals surface area contributed by atoms with E-state index in [-0.39, 0.29) is 5.75 Å². The number of sulfonamides is 1. The van der Waals surface area contributed by atoms with Gasteiger partial charge < -0.3 is 5.32 Å². The molecule has 1 unspecified atom stereocenters. The van der Waals surface area contributed by atoms with Crippen molar-refractivity contribution in [1.29, 1.82) is 0 Å². The molecule has 1 fully saturated rings. The van der Waals surface area contributed by atoms with Crippen LogP contribution in [0.25, 0.3) is 0 Å². The fraction of sp³-hybridized carbons (Fsp3) is 0.800. The maximum atomic E-state index is 11.4. The molecule has 0 bridgehead atoms. The first-order valence-electron chi connectivity index (χ1n) is 5.43. The van der Waals surface area contributed by atoms with Gasteiger partial charge in [-0.2, -0.15) is 0 Å². The van der Waals surface area contributed by atoms with E-state index in [2.05, 4.69) is 16.6 Å². The highest BCUT2D eigenvalue weighted by atomic mass is 32.2. The van der Waals surface area contributed by atoms with Crippen molar-refractivity contribution in [3.63, 3.8) is 0 Å². The predicted octanol–water partition coefficient (Wildman–Crippen LogP) is 0.481. The van der Waals surface area contributed by atoms with Gasteiger partial charge in [0.1, 0.15) is 0 Å². The maximum absolute atomic E-state index is 11.4. The Bertz CT molecular complexity index is 282. The van der Waals surface area contributed by atoms with Gasteiger partial charge in [-0.25, -0.2) is 13.1 Å². The van der Waals surface area contributed by atoms with Crippen LogP contribution in [0.15, 0.2) is 12.7 Å². The van der Waals surface area contributed by atoms with E-state index in [1.807, 2.05) is 0 Å². The average Bonchev–Trinajstić information content (AvgIpc) is 2.67. The van der Waals surface area contributed by atoms with Crippen molar-refractivity contribution in [3.8, 4) is 0 Å². The number of rotatable bonds is 7. The van der Waals surface area contributed by atoms with Crippen molar-refractivity contribution >= 4 is 10.0 Å². The van der Waals surface area contributed by atoms with Gasteiger partial charge in [0, 0.05) is 6.54 Å². The molecule has 88 valence electrons. The molecular formula is C10H20N2O2S. The summed E-state index contributed by atoms with van der Waals surface area (Å²) in [7, 11) is -3.08. The zero-order chi connectivity index (χ0) is 11.1. The number of hydrogen-bond acceptors (Lipinski definition) is 3. The minimum Gasteiger partial charge on any atom is -0.316 e. The first kappa shape index (κ1) is 12.7. The number of hydrogen-bond donors (Lipinski definition) is 2. The second-order valence-electron chi connectivity index (χ2n) is 3.94. The Balaban J connectivity index is 2.14. The lowest BCUT2D eigenvalue weighted by molar-refractivity contribution is 0.519. The molecule has 0 spiro atoms. The molecule has 1 aliphatic rings. The van der Waals surface area contributed by atoms with Crippen molar-refractivity contribution in [3.05, 3.63) is 12.7 Å². The van der Waals surface area contributed by atoms with E-state index in [4.69, 9.17) is 0 Å². The van der Waals surface area contributed by atoms with E-state index in [9.17, 15) is 8.42 Å². The molecule has 5 heteroatoms. The van der Waals surface area contributed by atoms with Crippen LogP contribution in [0.5, 0.6) is 0 Å². The second kappa shape index (κ2) is 6.25. The quantitative estimate of drug-likeness (QED) is 0.628. The summed E-state index contributed by atoms with van der Waals surface area (Å²) in [5, 5.41) is 3.26. The molecule has 0 saturated carbocycles. The fourth-order valence-electron chi connectivity index (χ4n) is 1.69. The van der Waals surface area contributed by atoms with Crippen molar-refractivity contribution in [2.45, 2.75) is 19.3 Å². The molecule has 0 radical (unpaired) electrons. The van der Waals surface area contributed by atoms with Crippen LogP contribution in [0.4, 0.5) is 0 Å². The lowest BCUT2D eigenvalue weighted by atomic mass is 10.1. The Labute approximate surface area is 92.2 Å². The van der Waals surface area contributed by atoms with E-state index in [0.717, 1.165) is 25.9 Å².